The van der Waals surface area contributed by atoms with E-state index < -0.39 is 0 Å². The molecule has 0 spiro atoms. The van der Waals surface area contributed by atoms with Gasteiger partial charge in [-0.1, -0.05) is 47.6 Å². The van der Waals surface area contributed by atoms with Gasteiger partial charge >= 0.3 is 0 Å². The number of allylic oxidation sites excluding steroid dienone is 6. The number of rotatable bonds is 1. The van der Waals surface area contributed by atoms with Crippen LogP contribution in [-0.4, -0.2) is 0 Å². The maximum absolute atomic E-state index is 2.29. The molecule has 0 radical (unpaired) electrons. The topological polar surface area (TPSA) is 0 Å². The van der Waals surface area contributed by atoms with Crippen molar-refractivity contribution >= 4 is 5.57 Å². The van der Waals surface area contributed by atoms with Crippen molar-refractivity contribution in [2.75, 3.05) is 0 Å². The van der Waals surface area contributed by atoms with Gasteiger partial charge in [0.05, 0.1) is 0 Å². The SMILES string of the molecule is CC1=C(C)CC=CC(c2ccc(C)c(C)c2)=C1. The highest BCUT2D eigenvalue weighted by molar-refractivity contribution is 5.77. The zero-order valence-corrected chi connectivity index (χ0v) is 11.2. The average Bonchev–Trinajstić information content (AvgIpc) is 2.46. The Labute approximate surface area is 104 Å². The number of aryl methyl sites for hydroxylation is 2. The molecule has 0 nitrogen and oxygen atoms in total. The number of hydrogen-bond donors (Lipinski definition) is 0. The lowest BCUT2D eigenvalue weighted by Gasteiger charge is -2.06. The first-order valence-corrected chi connectivity index (χ1v) is 6.20. The molecule has 0 N–H and O–H groups in total. The van der Waals surface area contributed by atoms with Crippen LogP contribution in [0.3, 0.4) is 0 Å². The van der Waals surface area contributed by atoms with E-state index in [1.807, 2.05) is 0 Å². The highest BCUT2D eigenvalue weighted by Crippen LogP contribution is 2.25. The normalized spacial score (nSPS) is 15.9. The second-order valence-corrected chi connectivity index (χ2v) is 4.97. The third kappa shape index (κ3) is 2.58. The summed E-state index contributed by atoms with van der Waals surface area (Å²) < 4.78 is 0. The molecule has 0 amide bonds. The molecule has 0 saturated heterocycles. The lowest BCUT2D eigenvalue weighted by atomic mass is 9.99. The van der Waals surface area contributed by atoms with Crippen molar-refractivity contribution in [1.29, 1.82) is 0 Å². The predicted molar refractivity (Wildman–Crippen MR) is 76.0 cm³/mol. The molecule has 0 heterocycles. The van der Waals surface area contributed by atoms with Crippen LogP contribution in [0.5, 0.6) is 0 Å². The molecule has 0 bridgehead atoms. The lowest BCUT2D eigenvalue weighted by molar-refractivity contribution is 1.17. The molecule has 0 fully saturated rings. The molecule has 1 aliphatic rings. The van der Waals surface area contributed by atoms with Crippen LogP contribution in [-0.2, 0) is 0 Å². The molecule has 1 aromatic carbocycles. The average molecular weight is 224 g/mol. The van der Waals surface area contributed by atoms with Crippen molar-refractivity contribution in [3.05, 3.63) is 64.3 Å². The van der Waals surface area contributed by atoms with E-state index in [-0.39, 0.29) is 0 Å². The lowest BCUT2D eigenvalue weighted by Crippen LogP contribution is -1.86. The number of hydrogen-bond acceptors (Lipinski definition) is 0. The molecule has 1 aromatic rings. The van der Waals surface area contributed by atoms with Crippen LogP contribution in [0.4, 0.5) is 0 Å². The molecule has 0 saturated carbocycles. The van der Waals surface area contributed by atoms with Gasteiger partial charge in [0.1, 0.15) is 0 Å². The van der Waals surface area contributed by atoms with Crippen LogP contribution in [0.1, 0.15) is 37.0 Å². The first kappa shape index (κ1) is 11.9. The van der Waals surface area contributed by atoms with E-state index in [9.17, 15) is 0 Å². The van der Waals surface area contributed by atoms with Crippen molar-refractivity contribution in [3.63, 3.8) is 0 Å². The maximum Gasteiger partial charge on any atom is -0.0133 e. The van der Waals surface area contributed by atoms with E-state index in [2.05, 4.69) is 64.1 Å². The van der Waals surface area contributed by atoms with Gasteiger partial charge in [-0.3, -0.25) is 0 Å². The molecule has 17 heavy (non-hydrogen) atoms. The first-order chi connectivity index (χ1) is 8.08. The zero-order chi connectivity index (χ0) is 12.4. The third-order valence-corrected chi connectivity index (χ3v) is 3.61. The van der Waals surface area contributed by atoms with Gasteiger partial charge in [-0.05, 0) is 56.4 Å². The second-order valence-electron chi connectivity index (χ2n) is 4.97. The molecule has 88 valence electrons. The molecular formula is C17H20. The second kappa shape index (κ2) is 4.75. The predicted octanol–water partition coefficient (Wildman–Crippen LogP) is 4.98. The van der Waals surface area contributed by atoms with Gasteiger partial charge in [0, 0.05) is 0 Å². The fraction of sp³-hybridized carbons (Fsp3) is 0.294. The van der Waals surface area contributed by atoms with Gasteiger partial charge in [0.2, 0.25) is 0 Å². The molecule has 0 aromatic heterocycles. The molecule has 0 unspecified atom stereocenters. The van der Waals surface area contributed by atoms with Crippen LogP contribution in [0.25, 0.3) is 5.57 Å². The Morgan fingerprint density at radius 3 is 2.41 bits per heavy atom. The summed E-state index contributed by atoms with van der Waals surface area (Å²) in [6.45, 7) is 8.74. The summed E-state index contributed by atoms with van der Waals surface area (Å²) in [5.41, 5.74) is 8.21. The molecule has 0 aliphatic heterocycles. The largest absolute Gasteiger partial charge is 0.0798 e. The minimum Gasteiger partial charge on any atom is -0.0798 e. The quantitative estimate of drug-likeness (QED) is 0.631. The summed E-state index contributed by atoms with van der Waals surface area (Å²) in [4.78, 5) is 0. The Morgan fingerprint density at radius 1 is 0.941 bits per heavy atom. The molecule has 2 rings (SSSR count). The Bertz CT molecular complexity index is 525. The van der Waals surface area contributed by atoms with Crippen LogP contribution in [0, 0.1) is 13.8 Å². The van der Waals surface area contributed by atoms with Gasteiger partial charge < -0.3 is 0 Å². The summed E-state index contributed by atoms with van der Waals surface area (Å²) in [6, 6.07) is 6.70. The van der Waals surface area contributed by atoms with Crippen LogP contribution in [0.2, 0.25) is 0 Å². The van der Waals surface area contributed by atoms with E-state index in [0.29, 0.717) is 0 Å². The van der Waals surface area contributed by atoms with Gasteiger partial charge in [0.25, 0.3) is 0 Å². The molecule has 0 atom stereocenters. The van der Waals surface area contributed by atoms with Gasteiger partial charge in [-0.25, -0.2) is 0 Å². The van der Waals surface area contributed by atoms with E-state index in [4.69, 9.17) is 0 Å². The Balaban J connectivity index is 2.46. The summed E-state index contributed by atoms with van der Waals surface area (Å²) >= 11 is 0. The Morgan fingerprint density at radius 2 is 1.71 bits per heavy atom. The first-order valence-electron chi connectivity index (χ1n) is 6.20. The Kier molecular flexibility index (Phi) is 3.33. The minimum atomic E-state index is 1.07. The summed E-state index contributed by atoms with van der Waals surface area (Å²) in [7, 11) is 0. The number of benzene rings is 1. The summed E-state index contributed by atoms with van der Waals surface area (Å²) in [6.07, 6.45) is 7.86. The fourth-order valence-electron chi connectivity index (χ4n) is 2.03. The van der Waals surface area contributed by atoms with Crippen LogP contribution < -0.4 is 0 Å². The van der Waals surface area contributed by atoms with Crippen molar-refractivity contribution in [2.45, 2.75) is 34.1 Å². The summed E-state index contributed by atoms with van der Waals surface area (Å²) in [5, 5.41) is 0. The standard InChI is InChI=1S/C17H20/c1-12-6-5-7-16(10-14(12)3)17-9-8-13(2)15(4)11-17/h5,7-11H,6H2,1-4H3. The Hall–Kier alpha value is -1.56. The van der Waals surface area contributed by atoms with E-state index in [0.717, 1.165) is 6.42 Å². The van der Waals surface area contributed by atoms with Gasteiger partial charge in [-0.2, -0.15) is 0 Å². The highest BCUT2D eigenvalue weighted by Gasteiger charge is 2.04. The van der Waals surface area contributed by atoms with Gasteiger partial charge in [0.15, 0.2) is 0 Å². The van der Waals surface area contributed by atoms with Crippen molar-refractivity contribution in [2.24, 2.45) is 0 Å². The van der Waals surface area contributed by atoms with Crippen LogP contribution in [0.15, 0.2) is 47.6 Å². The minimum absolute atomic E-state index is 1.07. The van der Waals surface area contributed by atoms with Crippen molar-refractivity contribution in [3.8, 4) is 0 Å². The van der Waals surface area contributed by atoms with E-state index in [1.54, 1.807) is 0 Å². The van der Waals surface area contributed by atoms with Crippen molar-refractivity contribution < 1.29 is 0 Å². The fourth-order valence-corrected chi connectivity index (χ4v) is 2.03. The van der Waals surface area contributed by atoms with Crippen LogP contribution >= 0.6 is 0 Å². The van der Waals surface area contributed by atoms with Gasteiger partial charge in [-0.15, -0.1) is 0 Å². The maximum atomic E-state index is 2.29. The summed E-state index contributed by atoms with van der Waals surface area (Å²) in [5.74, 6) is 0. The van der Waals surface area contributed by atoms with E-state index in [1.165, 1.54) is 33.4 Å². The molecule has 0 heteroatoms. The monoisotopic (exact) mass is 224 g/mol. The molecule has 1 aliphatic carbocycles. The molecular weight excluding hydrogens is 204 g/mol. The van der Waals surface area contributed by atoms with E-state index >= 15 is 0 Å². The zero-order valence-electron chi connectivity index (χ0n) is 11.2. The van der Waals surface area contributed by atoms with Crippen molar-refractivity contribution in [1.82, 2.24) is 0 Å². The highest BCUT2D eigenvalue weighted by atomic mass is 14.1. The smallest absolute Gasteiger partial charge is 0.0133 e. The third-order valence-electron chi connectivity index (χ3n) is 3.61.